The standard InChI is InChI=1S/C15H21N5O2S/c21-13(12-10-23-18-17-12)19-6-3-15(4-7-19)14(22)16-5-8-20(15)9-11-1-2-11/h10-11H,1-9H2,(H,16,22). The highest BCUT2D eigenvalue weighted by Gasteiger charge is 2.49. The first-order chi connectivity index (χ1) is 11.2. The molecule has 1 saturated carbocycles. The first kappa shape index (κ1) is 15.0. The van der Waals surface area contributed by atoms with Crippen LogP contribution in [0.5, 0.6) is 0 Å². The Morgan fingerprint density at radius 1 is 1.35 bits per heavy atom. The van der Waals surface area contributed by atoms with Crippen LogP contribution >= 0.6 is 11.5 Å². The molecule has 1 aromatic heterocycles. The molecule has 1 N–H and O–H groups in total. The zero-order chi connectivity index (χ0) is 15.9. The molecule has 1 spiro atoms. The topological polar surface area (TPSA) is 78.4 Å². The van der Waals surface area contributed by atoms with Crippen LogP contribution < -0.4 is 5.32 Å². The lowest BCUT2D eigenvalue weighted by Crippen LogP contribution is -2.68. The van der Waals surface area contributed by atoms with Crippen molar-refractivity contribution in [2.24, 2.45) is 5.92 Å². The number of carbonyl (C=O) groups excluding carboxylic acids is 2. The molecule has 7 nitrogen and oxygen atoms in total. The Kier molecular flexibility index (Phi) is 3.81. The summed E-state index contributed by atoms with van der Waals surface area (Å²) in [5, 5.41) is 8.57. The van der Waals surface area contributed by atoms with Gasteiger partial charge in [0.1, 0.15) is 5.54 Å². The van der Waals surface area contributed by atoms with E-state index in [9.17, 15) is 9.59 Å². The third-order valence-corrected chi connectivity index (χ3v) is 5.83. The predicted octanol–water partition coefficient (Wildman–Crippen LogP) is 0.355. The average molecular weight is 335 g/mol. The highest BCUT2D eigenvalue weighted by atomic mass is 32.1. The molecule has 0 aromatic carbocycles. The Bertz CT molecular complexity index is 593. The van der Waals surface area contributed by atoms with E-state index in [4.69, 9.17) is 0 Å². The molecule has 8 heteroatoms. The molecule has 2 saturated heterocycles. The first-order valence-corrected chi connectivity index (χ1v) is 9.12. The van der Waals surface area contributed by atoms with E-state index in [1.807, 2.05) is 0 Å². The van der Waals surface area contributed by atoms with Crippen LogP contribution in [-0.4, -0.2) is 69.5 Å². The smallest absolute Gasteiger partial charge is 0.275 e. The molecule has 1 aromatic rings. The molecule has 2 aliphatic heterocycles. The molecule has 1 aliphatic carbocycles. The summed E-state index contributed by atoms with van der Waals surface area (Å²) in [7, 11) is 0. The van der Waals surface area contributed by atoms with Crippen LogP contribution in [0, 0.1) is 5.92 Å². The first-order valence-electron chi connectivity index (χ1n) is 8.29. The number of hydrogen-bond acceptors (Lipinski definition) is 6. The van der Waals surface area contributed by atoms with Gasteiger partial charge in [-0.05, 0) is 43.1 Å². The zero-order valence-electron chi connectivity index (χ0n) is 13.0. The fraction of sp³-hybridized carbons (Fsp3) is 0.733. The summed E-state index contributed by atoms with van der Waals surface area (Å²) in [6, 6.07) is 0. The summed E-state index contributed by atoms with van der Waals surface area (Å²) < 4.78 is 3.76. The van der Waals surface area contributed by atoms with E-state index >= 15 is 0 Å². The highest BCUT2D eigenvalue weighted by molar-refractivity contribution is 7.03. The van der Waals surface area contributed by atoms with Crippen LogP contribution in [0.15, 0.2) is 5.38 Å². The van der Waals surface area contributed by atoms with Gasteiger partial charge in [-0.2, -0.15) is 0 Å². The number of nitrogens with one attached hydrogen (secondary N) is 1. The molecule has 124 valence electrons. The lowest BCUT2D eigenvalue weighted by atomic mass is 9.82. The second-order valence-corrected chi connectivity index (χ2v) is 7.37. The number of rotatable bonds is 3. The van der Waals surface area contributed by atoms with E-state index in [0.29, 0.717) is 31.6 Å². The third-order valence-electron chi connectivity index (χ3n) is 5.33. The number of hydrogen-bond donors (Lipinski definition) is 1. The number of piperazine rings is 1. The van der Waals surface area contributed by atoms with Crippen molar-refractivity contribution < 1.29 is 9.59 Å². The van der Waals surface area contributed by atoms with Crippen molar-refractivity contribution in [3.8, 4) is 0 Å². The minimum absolute atomic E-state index is 0.0708. The summed E-state index contributed by atoms with van der Waals surface area (Å²) in [6.45, 7) is 3.89. The van der Waals surface area contributed by atoms with Crippen LogP contribution in [0.4, 0.5) is 0 Å². The third kappa shape index (κ3) is 2.74. The molecule has 0 radical (unpaired) electrons. The van der Waals surface area contributed by atoms with E-state index in [-0.39, 0.29) is 11.8 Å². The van der Waals surface area contributed by atoms with Crippen molar-refractivity contribution in [2.45, 2.75) is 31.2 Å². The SMILES string of the molecule is O=C(c1csnn1)N1CCC2(CC1)C(=O)NCCN2CC1CC1. The van der Waals surface area contributed by atoms with Crippen LogP contribution in [-0.2, 0) is 4.79 Å². The second kappa shape index (κ2) is 5.83. The van der Waals surface area contributed by atoms with Crippen molar-refractivity contribution in [1.82, 2.24) is 24.7 Å². The van der Waals surface area contributed by atoms with Crippen LogP contribution in [0.1, 0.15) is 36.2 Å². The quantitative estimate of drug-likeness (QED) is 0.863. The largest absolute Gasteiger partial charge is 0.353 e. The van der Waals surface area contributed by atoms with Crippen molar-refractivity contribution in [1.29, 1.82) is 0 Å². The van der Waals surface area contributed by atoms with Gasteiger partial charge in [-0.1, -0.05) is 4.49 Å². The summed E-state index contributed by atoms with van der Waals surface area (Å²) in [5.74, 6) is 0.837. The maximum absolute atomic E-state index is 12.6. The summed E-state index contributed by atoms with van der Waals surface area (Å²) in [5.41, 5.74) is -0.00770. The fourth-order valence-corrected chi connectivity index (χ4v) is 4.18. The highest BCUT2D eigenvalue weighted by Crippen LogP contribution is 2.37. The summed E-state index contributed by atoms with van der Waals surface area (Å²) in [4.78, 5) is 29.2. The van der Waals surface area contributed by atoms with Gasteiger partial charge in [0.25, 0.3) is 5.91 Å². The summed E-state index contributed by atoms with van der Waals surface area (Å²) in [6.07, 6.45) is 3.98. The fourth-order valence-electron chi connectivity index (χ4n) is 3.75. The number of nitrogens with zero attached hydrogens (tertiary/aromatic N) is 4. The van der Waals surface area contributed by atoms with Gasteiger partial charge in [0.2, 0.25) is 5.91 Å². The molecule has 3 aliphatic rings. The normalized spacial score (nSPS) is 24.7. The minimum atomic E-state index is -0.419. The van der Waals surface area contributed by atoms with Gasteiger partial charge < -0.3 is 10.2 Å². The predicted molar refractivity (Wildman–Crippen MR) is 85.1 cm³/mol. The molecule has 3 fully saturated rings. The van der Waals surface area contributed by atoms with Crippen molar-refractivity contribution in [2.75, 3.05) is 32.7 Å². The molecule has 3 heterocycles. The van der Waals surface area contributed by atoms with Crippen LogP contribution in [0.25, 0.3) is 0 Å². The Morgan fingerprint density at radius 2 is 2.13 bits per heavy atom. The Morgan fingerprint density at radius 3 is 2.78 bits per heavy atom. The molecule has 4 rings (SSSR count). The number of amides is 2. The van der Waals surface area contributed by atoms with Crippen molar-refractivity contribution >= 4 is 23.3 Å². The van der Waals surface area contributed by atoms with E-state index in [0.717, 1.165) is 25.6 Å². The maximum atomic E-state index is 12.6. The van der Waals surface area contributed by atoms with E-state index in [2.05, 4.69) is 19.8 Å². The molecule has 0 atom stereocenters. The number of carbonyl (C=O) groups is 2. The molecule has 2 amide bonds. The lowest BCUT2D eigenvalue weighted by Gasteiger charge is -2.50. The van der Waals surface area contributed by atoms with E-state index in [1.165, 1.54) is 24.4 Å². The molecule has 0 unspecified atom stereocenters. The monoisotopic (exact) mass is 335 g/mol. The summed E-state index contributed by atoms with van der Waals surface area (Å²) >= 11 is 1.19. The van der Waals surface area contributed by atoms with Crippen LogP contribution in [0.2, 0.25) is 0 Å². The average Bonchev–Trinajstić information content (AvgIpc) is 3.22. The van der Waals surface area contributed by atoms with E-state index < -0.39 is 5.54 Å². The number of aromatic nitrogens is 2. The van der Waals surface area contributed by atoms with Gasteiger partial charge in [-0.25, -0.2) is 0 Å². The Labute approximate surface area is 139 Å². The van der Waals surface area contributed by atoms with Crippen LogP contribution in [0.3, 0.4) is 0 Å². The minimum Gasteiger partial charge on any atom is -0.353 e. The van der Waals surface area contributed by atoms with Gasteiger partial charge in [0.15, 0.2) is 5.69 Å². The molecular weight excluding hydrogens is 314 g/mol. The van der Waals surface area contributed by atoms with Gasteiger partial charge in [-0.15, -0.1) is 5.10 Å². The Balaban J connectivity index is 1.47. The Hall–Kier alpha value is -1.54. The lowest BCUT2D eigenvalue weighted by molar-refractivity contribution is -0.141. The van der Waals surface area contributed by atoms with Gasteiger partial charge in [0.05, 0.1) is 0 Å². The second-order valence-electron chi connectivity index (χ2n) is 6.76. The number of likely N-dealkylation sites (tertiary alicyclic amines) is 1. The van der Waals surface area contributed by atoms with E-state index in [1.54, 1.807) is 10.3 Å². The number of piperidine rings is 1. The van der Waals surface area contributed by atoms with Gasteiger partial charge in [-0.3, -0.25) is 14.5 Å². The molecule has 23 heavy (non-hydrogen) atoms. The van der Waals surface area contributed by atoms with Gasteiger partial charge >= 0.3 is 0 Å². The maximum Gasteiger partial charge on any atom is 0.275 e. The molecule has 0 bridgehead atoms. The molecular formula is C15H21N5O2S. The van der Waals surface area contributed by atoms with Crippen molar-refractivity contribution in [3.05, 3.63) is 11.1 Å². The van der Waals surface area contributed by atoms with Gasteiger partial charge in [0, 0.05) is 38.1 Å². The van der Waals surface area contributed by atoms with Crippen molar-refractivity contribution in [3.63, 3.8) is 0 Å². The zero-order valence-corrected chi connectivity index (χ0v) is 13.8.